The zero-order valence-electron chi connectivity index (χ0n) is 11.1. The average molecular weight is 283 g/mol. The van der Waals surface area contributed by atoms with E-state index in [9.17, 15) is 13.6 Å². The van der Waals surface area contributed by atoms with Crippen molar-refractivity contribution < 1.29 is 18.7 Å². The molecule has 1 unspecified atom stereocenters. The van der Waals surface area contributed by atoms with Crippen LogP contribution in [0.4, 0.5) is 8.78 Å². The lowest BCUT2D eigenvalue weighted by Crippen LogP contribution is -2.36. The zero-order chi connectivity index (χ0) is 14.9. The summed E-state index contributed by atoms with van der Waals surface area (Å²) in [6, 6.07) is 5.83. The molecule has 0 saturated carbocycles. The van der Waals surface area contributed by atoms with Crippen LogP contribution < -0.4 is 0 Å². The number of likely N-dealkylation sites (N-methyl/N-ethyl adjacent to an activating group) is 1. The van der Waals surface area contributed by atoms with E-state index in [2.05, 4.69) is 4.98 Å². The minimum Gasteiger partial charge on any atom is -0.480 e. The molecule has 108 valence electrons. The average Bonchev–Trinajstić information content (AvgIpc) is 2.75. The number of hydrogen-bond donors (Lipinski definition) is 1. The van der Waals surface area contributed by atoms with Gasteiger partial charge in [0.05, 0.1) is 17.6 Å². The third-order valence-corrected chi connectivity index (χ3v) is 3.27. The van der Waals surface area contributed by atoms with Gasteiger partial charge in [0.2, 0.25) is 0 Å². The Morgan fingerprint density at radius 3 is 2.70 bits per heavy atom. The van der Waals surface area contributed by atoms with Crippen molar-refractivity contribution in [3.63, 3.8) is 0 Å². The number of para-hydroxylation sites is 2. The molecule has 1 N–H and O–H groups in total. The Morgan fingerprint density at radius 2 is 2.10 bits per heavy atom. The highest BCUT2D eigenvalue weighted by Crippen LogP contribution is 2.23. The smallest absolute Gasteiger partial charge is 0.320 e. The Balaban J connectivity index is 2.39. The monoisotopic (exact) mass is 283 g/mol. The molecule has 1 aromatic heterocycles. The van der Waals surface area contributed by atoms with Crippen molar-refractivity contribution in [1.82, 2.24) is 14.5 Å². The predicted molar refractivity (Wildman–Crippen MR) is 69.6 cm³/mol. The number of carbonyl (C=O) groups is 1. The summed E-state index contributed by atoms with van der Waals surface area (Å²) in [4.78, 5) is 16.5. The maximum absolute atomic E-state index is 13.2. The molecule has 0 fully saturated rings. The lowest BCUT2D eigenvalue weighted by atomic mass is 10.3. The highest BCUT2D eigenvalue weighted by atomic mass is 19.3. The number of benzene rings is 1. The van der Waals surface area contributed by atoms with Crippen LogP contribution in [0.2, 0.25) is 0 Å². The van der Waals surface area contributed by atoms with Gasteiger partial charge in [0.15, 0.2) is 0 Å². The van der Waals surface area contributed by atoms with Crippen LogP contribution in [-0.2, 0) is 11.3 Å². The molecule has 0 amide bonds. The standard InChI is InChI=1S/C13H15F2N3O2/c1-8(12(19)20)17(2)7-11-16-9-5-3-4-6-10(9)18(11)13(14)15/h3-6,8,13H,7H2,1-2H3,(H,19,20). The Labute approximate surface area is 114 Å². The molecule has 20 heavy (non-hydrogen) atoms. The number of alkyl halides is 2. The molecule has 1 atom stereocenters. The molecule has 0 aliphatic carbocycles. The van der Waals surface area contributed by atoms with Crippen molar-refractivity contribution in [2.24, 2.45) is 0 Å². The molecule has 1 heterocycles. The number of imidazole rings is 1. The summed E-state index contributed by atoms with van der Waals surface area (Å²) >= 11 is 0. The van der Waals surface area contributed by atoms with Gasteiger partial charge >= 0.3 is 12.5 Å². The summed E-state index contributed by atoms with van der Waals surface area (Å²) in [5.74, 6) is -0.857. The van der Waals surface area contributed by atoms with E-state index in [-0.39, 0.29) is 12.4 Å². The zero-order valence-corrected chi connectivity index (χ0v) is 11.1. The second-order valence-electron chi connectivity index (χ2n) is 4.59. The lowest BCUT2D eigenvalue weighted by Gasteiger charge is -2.21. The largest absolute Gasteiger partial charge is 0.480 e. The molecule has 2 aromatic rings. The molecular weight excluding hydrogens is 268 g/mol. The van der Waals surface area contributed by atoms with E-state index in [0.717, 1.165) is 4.57 Å². The molecular formula is C13H15F2N3O2. The molecule has 1 aromatic carbocycles. The molecule has 7 heteroatoms. The van der Waals surface area contributed by atoms with Gasteiger partial charge < -0.3 is 5.11 Å². The highest BCUT2D eigenvalue weighted by Gasteiger charge is 2.22. The van der Waals surface area contributed by atoms with Gasteiger partial charge in [0, 0.05) is 0 Å². The summed E-state index contributed by atoms with van der Waals surface area (Å²) in [5.41, 5.74) is 0.813. The SMILES string of the molecule is CC(C(=O)O)N(C)Cc1nc2ccccc2n1C(F)F. The van der Waals surface area contributed by atoms with Crippen LogP contribution in [-0.4, -0.2) is 38.6 Å². The molecule has 0 aliphatic rings. The van der Waals surface area contributed by atoms with Crippen LogP contribution >= 0.6 is 0 Å². The minimum absolute atomic E-state index is 0.0342. The van der Waals surface area contributed by atoms with Crippen LogP contribution in [0, 0.1) is 0 Å². The Kier molecular flexibility index (Phi) is 3.99. The number of fused-ring (bicyclic) bond motifs is 1. The highest BCUT2D eigenvalue weighted by molar-refractivity contribution is 5.76. The summed E-state index contributed by atoms with van der Waals surface area (Å²) in [7, 11) is 1.56. The second-order valence-corrected chi connectivity index (χ2v) is 4.59. The minimum atomic E-state index is -2.72. The van der Waals surface area contributed by atoms with Crippen molar-refractivity contribution >= 4 is 17.0 Å². The molecule has 5 nitrogen and oxygen atoms in total. The van der Waals surface area contributed by atoms with Crippen molar-refractivity contribution in [3.8, 4) is 0 Å². The maximum atomic E-state index is 13.2. The number of aromatic nitrogens is 2. The van der Waals surface area contributed by atoms with Crippen LogP contribution in [0.15, 0.2) is 24.3 Å². The number of halogens is 2. The van der Waals surface area contributed by atoms with E-state index in [1.54, 1.807) is 31.3 Å². The maximum Gasteiger partial charge on any atom is 0.320 e. The number of nitrogens with zero attached hydrogens (tertiary/aromatic N) is 3. The summed E-state index contributed by atoms with van der Waals surface area (Å²) in [5, 5.41) is 8.93. The lowest BCUT2D eigenvalue weighted by molar-refractivity contribution is -0.142. The van der Waals surface area contributed by atoms with Gasteiger partial charge in [0.1, 0.15) is 11.9 Å². The number of carboxylic acid groups (broad SMARTS) is 1. The first-order chi connectivity index (χ1) is 9.41. The first-order valence-electron chi connectivity index (χ1n) is 6.09. The molecule has 0 bridgehead atoms. The number of carboxylic acids is 1. The Bertz CT molecular complexity index is 627. The van der Waals surface area contributed by atoms with E-state index in [1.807, 2.05) is 0 Å². The van der Waals surface area contributed by atoms with Crippen molar-refractivity contribution in [2.75, 3.05) is 7.05 Å². The summed E-state index contributed by atoms with van der Waals surface area (Å²) in [6.07, 6.45) is 0. The van der Waals surface area contributed by atoms with E-state index >= 15 is 0 Å². The molecule has 0 spiro atoms. The van der Waals surface area contributed by atoms with Gasteiger partial charge in [-0.05, 0) is 26.1 Å². The second kappa shape index (κ2) is 5.54. The van der Waals surface area contributed by atoms with Crippen LogP contribution in [0.25, 0.3) is 11.0 Å². The van der Waals surface area contributed by atoms with E-state index in [1.165, 1.54) is 11.8 Å². The van der Waals surface area contributed by atoms with Gasteiger partial charge in [-0.3, -0.25) is 14.3 Å². The predicted octanol–water partition coefficient (Wildman–Crippen LogP) is 2.34. The fraction of sp³-hybridized carbons (Fsp3) is 0.385. The third-order valence-electron chi connectivity index (χ3n) is 3.27. The third kappa shape index (κ3) is 2.62. The topological polar surface area (TPSA) is 58.4 Å². The first-order valence-corrected chi connectivity index (χ1v) is 6.09. The summed E-state index contributed by atoms with van der Waals surface area (Å²) in [6.45, 7) is -1.18. The first kappa shape index (κ1) is 14.4. The van der Waals surface area contributed by atoms with E-state index in [0.29, 0.717) is 11.0 Å². The number of rotatable bonds is 5. The molecule has 0 aliphatic heterocycles. The van der Waals surface area contributed by atoms with Crippen LogP contribution in [0.5, 0.6) is 0 Å². The van der Waals surface area contributed by atoms with Crippen LogP contribution in [0.1, 0.15) is 19.3 Å². The molecule has 2 rings (SSSR count). The van der Waals surface area contributed by atoms with E-state index in [4.69, 9.17) is 5.11 Å². The number of aliphatic carboxylic acids is 1. The molecule has 0 saturated heterocycles. The Morgan fingerprint density at radius 1 is 1.45 bits per heavy atom. The fourth-order valence-corrected chi connectivity index (χ4v) is 1.97. The quantitative estimate of drug-likeness (QED) is 0.915. The van der Waals surface area contributed by atoms with E-state index < -0.39 is 18.6 Å². The van der Waals surface area contributed by atoms with Gasteiger partial charge in [-0.15, -0.1) is 0 Å². The Hall–Kier alpha value is -2.02. The molecule has 0 radical (unpaired) electrons. The van der Waals surface area contributed by atoms with Gasteiger partial charge in [0.25, 0.3) is 0 Å². The van der Waals surface area contributed by atoms with Crippen molar-refractivity contribution in [2.45, 2.75) is 26.1 Å². The van der Waals surface area contributed by atoms with Gasteiger partial charge in [-0.1, -0.05) is 12.1 Å². The van der Waals surface area contributed by atoms with Gasteiger partial charge in [-0.25, -0.2) is 4.98 Å². The fourth-order valence-electron chi connectivity index (χ4n) is 1.97. The van der Waals surface area contributed by atoms with Crippen LogP contribution in [0.3, 0.4) is 0 Å². The summed E-state index contributed by atoms with van der Waals surface area (Å²) < 4.78 is 27.2. The van der Waals surface area contributed by atoms with Crippen molar-refractivity contribution in [1.29, 1.82) is 0 Å². The number of hydrogen-bond acceptors (Lipinski definition) is 3. The van der Waals surface area contributed by atoms with Crippen molar-refractivity contribution in [3.05, 3.63) is 30.1 Å². The van der Waals surface area contributed by atoms with Gasteiger partial charge in [-0.2, -0.15) is 8.78 Å². The normalized spacial score (nSPS) is 13.3.